The molecule has 0 aromatic carbocycles. The van der Waals surface area contributed by atoms with Gasteiger partial charge in [0.05, 0.1) is 7.11 Å². The number of amides is 1. The van der Waals surface area contributed by atoms with E-state index in [-0.39, 0.29) is 17.6 Å². The Morgan fingerprint density at radius 3 is 2.50 bits per heavy atom. The second-order valence-corrected chi connectivity index (χ2v) is 4.58. The molecule has 1 rings (SSSR count). The molecule has 1 heterocycles. The average molecular weight is 280 g/mol. The number of nitrogens with one attached hydrogen (secondary N) is 2. The number of nitrogens with zero attached hydrogens (tertiary/aromatic N) is 2. The van der Waals surface area contributed by atoms with Crippen LogP contribution in [0.2, 0.25) is 0 Å². The van der Waals surface area contributed by atoms with E-state index in [1.54, 1.807) is 13.0 Å². The molecular formula is C13H20N4O3. The van der Waals surface area contributed by atoms with Crippen LogP contribution in [0, 0.1) is 0 Å². The number of hydrogen-bond donors (Lipinski definition) is 2. The number of ether oxygens (including phenoxy) is 1. The van der Waals surface area contributed by atoms with Crippen LogP contribution < -0.4 is 10.6 Å². The lowest BCUT2D eigenvalue weighted by Gasteiger charge is -2.27. The number of methoxy groups -OCH3 is 1. The van der Waals surface area contributed by atoms with E-state index in [1.165, 1.54) is 20.2 Å². The third kappa shape index (κ3) is 3.66. The summed E-state index contributed by atoms with van der Waals surface area (Å²) in [6, 6.07) is 3.15. The molecule has 0 radical (unpaired) electrons. The van der Waals surface area contributed by atoms with Gasteiger partial charge in [-0.2, -0.15) is 0 Å². The van der Waals surface area contributed by atoms with Crippen molar-refractivity contribution in [2.75, 3.05) is 19.5 Å². The van der Waals surface area contributed by atoms with Crippen molar-refractivity contribution in [3.8, 4) is 0 Å². The van der Waals surface area contributed by atoms with Crippen LogP contribution >= 0.6 is 0 Å². The first kappa shape index (κ1) is 15.9. The highest BCUT2D eigenvalue weighted by Gasteiger charge is 2.33. The zero-order valence-corrected chi connectivity index (χ0v) is 12.2. The first-order valence-corrected chi connectivity index (χ1v) is 6.39. The SMILES string of the molecule is CCCC(C)(Nc1ccc(C(=O)NC)nn1)C(=O)OC. The van der Waals surface area contributed by atoms with Crippen LogP contribution in [0.15, 0.2) is 12.1 Å². The lowest BCUT2D eigenvalue weighted by atomic mass is 9.96. The molecule has 1 aromatic heterocycles. The second kappa shape index (κ2) is 6.83. The number of carbonyl (C=O) groups excluding carboxylic acids is 2. The Kier molecular flexibility index (Phi) is 5.42. The number of anilines is 1. The highest BCUT2D eigenvalue weighted by Crippen LogP contribution is 2.20. The van der Waals surface area contributed by atoms with E-state index in [2.05, 4.69) is 20.8 Å². The molecule has 20 heavy (non-hydrogen) atoms. The molecule has 0 bridgehead atoms. The van der Waals surface area contributed by atoms with Crippen molar-refractivity contribution in [2.24, 2.45) is 0 Å². The third-order valence-electron chi connectivity index (χ3n) is 2.91. The van der Waals surface area contributed by atoms with Crippen LogP contribution in [0.1, 0.15) is 37.2 Å². The van der Waals surface area contributed by atoms with Gasteiger partial charge in [-0.3, -0.25) is 4.79 Å². The summed E-state index contributed by atoms with van der Waals surface area (Å²) in [5.74, 6) is -0.260. The smallest absolute Gasteiger partial charge is 0.331 e. The van der Waals surface area contributed by atoms with Crippen LogP contribution in [0.3, 0.4) is 0 Å². The average Bonchev–Trinajstić information content (AvgIpc) is 2.46. The maximum Gasteiger partial charge on any atom is 0.331 e. The Bertz CT molecular complexity index is 475. The Morgan fingerprint density at radius 2 is 2.05 bits per heavy atom. The van der Waals surface area contributed by atoms with Gasteiger partial charge in [-0.1, -0.05) is 13.3 Å². The molecule has 1 unspecified atom stereocenters. The Balaban J connectivity index is 2.89. The Morgan fingerprint density at radius 1 is 1.35 bits per heavy atom. The molecule has 1 atom stereocenters. The molecule has 0 spiro atoms. The summed E-state index contributed by atoms with van der Waals surface area (Å²) < 4.78 is 4.81. The van der Waals surface area contributed by atoms with Crippen LogP contribution in [-0.2, 0) is 9.53 Å². The van der Waals surface area contributed by atoms with Gasteiger partial charge in [0.25, 0.3) is 5.91 Å². The van der Waals surface area contributed by atoms with Crippen molar-refractivity contribution < 1.29 is 14.3 Å². The number of rotatable bonds is 6. The molecule has 0 saturated heterocycles. The predicted octanol–water partition coefficient (Wildman–Crippen LogP) is 0.980. The summed E-state index contributed by atoms with van der Waals surface area (Å²) in [4.78, 5) is 23.2. The summed E-state index contributed by atoms with van der Waals surface area (Å²) >= 11 is 0. The minimum atomic E-state index is -0.868. The molecule has 0 aliphatic rings. The van der Waals surface area contributed by atoms with Gasteiger partial charge in [0.15, 0.2) is 5.69 Å². The summed E-state index contributed by atoms with van der Waals surface area (Å²) in [5.41, 5.74) is -0.652. The van der Waals surface area contributed by atoms with Gasteiger partial charge in [0.2, 0.25) is 0 Å². The first-order chi connectivity index (χ1) is 9.46. The molecule has 0 aliphatic carbocycles. The lowest BCUT2D eigenvalue weighted by Crippen LogP contribution is -2.44. The molecule has 110 valence electrons. The number of hydrogen-bond acceptors (Lipinski definition) is 6. The maximum atomic E-state index is 11.9. The zero-order chi connectivity index (χ0) is 15.2. The van der Waals surface area contributed by atoms with Gasteiger partial charge in [0.1, 0.15) is 11.4 Å². The van der Waals surface area contributed by atoms with E-state index in [9.17, 15) is 9.59 Å². The van der Waals surface area contributed by atoms with Crippen molar-refractivity contribution in [3.63, 3.8) is 0 Å². The normalized spacial score (nSPS) is 13.2. The predicted molar refractivity (Wildman–Crippen MR) is 74.4 cm³/mol. The number of aromatic nitrogens is 2. The van der Waals surface area contributed by atoms with Crippen LogP contribution in [-0.4, -0.2) is 41.8 Å². The van der Waals surface area contributed by atoms with Gasteiger partial charge in [-0.25, -0.2) is 4.79 Å². The minimum Gasteiger partial charge on any atom is -0.467 e. The standard InChI is InChI=1S/C13H20N4O3/c1-5-8-13(2,12(19)20-4)15-10-7-6-9(16-17-10)11(18)14-3/h6-7H,5,8H2,1-4H3,(H,14,18)(H,15,17). The molecule has 1 aromatic rings. The van der Waals surface area contributed by atoms with E-state index in [0.29, 0.717) is 12.2 Å². The van der Waals surface area contributed by atoms with Crippen molar-refractivity contribution >= 4 is 17.7 Å². The van der Waals surface area contributed by atoms with Crippen LogP contribution in [0.5, 0.6) is 0 Å². The zero-order valence-electron chi connectivity index (χ0n) is 12.2. The fourth-order valence-electron chi connectivity index (χ4n) is 1.87. The fourth-order valence-corrected chi connectivity index (χ4v) is 1.87. The summed E-state index contributed by atoms with van der Waals surface area (Å²) in [7, 11) is 2.87. The summed E-state index contributed by atoms with van der Waals surface area (Å²) in [6.45, 7) is 3.72. The summed E-state index contributed by atoms with van der Waals surface area (Å²) in [6.07, 6.45) is 1.40. The van der Waals surface area contributed by atoms with E-state index < -0.39 is 5.54 Å². The van der Waals surface area contributed by atoms with E-state index in [4.69, 9.17) is 4.74 Å². The van der Waals surface area contributed by atoms with E-state index in [1.807, 2.05) is 6.92 Å². The van der Waals surface area contributed by atoms with E-state index in [0.717, 1.165) is 6.42 Å². The molecule has 0 aliphatic heterocycles. The second-order valence-electron chi connectivity index (χ2n) is 4.58. The van der Waals surface area contributed by atoms with Gasteiger partial charge in [-0.15, -0.1) is 10.2 Å². The first-order valence-electron chi connectivity index (χ1n) is 6.39. The van der Waals surface area contributed by atoms with Crippen molar-refractivity contribution in [1.29, 1.82) is 0 Å². The summed E-state index contributed by atoms with van der Waals surface area (Å²) in [5, 5.41) is 13.2. The fraction of sp³-hybridized carbons (Fsp3) is 0.538. The van der Waals surface area contributed by atoms with Gasteiger partial charge >= 0.3 is 5.97 Å². The monoisotopic (exact) mass is 280 g/mol. The molecule has 2 N–H and O–H groups in total. The van der Waals surface area contributed by atoms with Gasteiger partial charge in [-0.05, 0) is 25.5 Å². The van der Waals surface area contributed by atoms with Crippen LogP contribution in [0.4, 0.5) is 5.82 Å². The van der Waals surface area contributed by atoms with Gasteiger partial charge < -0.3 is 15.4 Å². The molecule has 0 fully saturated rings. The minimum absolute atomic E-state index is 0.216. The highest BCUT2D eigenvalue weighted by molar-refractivity contribution is 5.92. The number of esters is 1. The quantitative estimate of drug-likeness (QED) is 0.754. The van der Waals surface area contributed by atoms with Crippen molar-refractivity contribution in [2.45, 2.75) is 32.2 Å². The lowest BCUT2D eigenvalue weighted by molar-refractivity contribution is -0.145. The molecule has 7 heteroatoms. The van der Waals surface area contributed by atoms with Crippen molar-refractivity contribution in [1.82, 2.24) is 15.5 Å². The number of carbonyl (C=O) groups is 2. The topological polar surface area (TPSA) is 93.2 Å². The van der Waals surface area contributed by atoms with E-state index >= 15 is 0 Å². The van der Waals surface area contributed by atoms with Crippen LogP contribution in [0.25, 0.3) is 0 Å². The molecule has 7 nitrogen and oxygen atoms in total. The third-order valence-corrected chi connectivity index (χ3v) is 2.91. The Hall–Kier alpha value is -2.18. The molecular weight excluding hydrogens is 260 g/mol. The van der Waals surface area contributed by atoms with Crippen molar-refractivity contribution in [3.05, 3.63) is 17.8 Å². The molecule has 1 amide bonds. The molecule has 0 saturated carbocycles. The maximum absolute atomic E-state index is 11.9. The highest BCUT2D eigenvalue weighted by atomic mass is 16.5. The Labute approximate surface area is 118 Å². The largest absolute Gasteiger partial charge is 0.467 e. The van der Waals surface area contributed by atoms with Gasteiger partial charge in [0, 0.05) is 7.05 Å².